The molecule has 1 saturated heterocycles. The molecule has 130 valence electrons. The van der Waals surface area contributed by atoms with Crippen molar-refractivity contribution >= 4 is 27.2 Å². The smallest absolute Gasteiger partial charge is 0.269 e. The van der Waals surface area contributed by atoms with E-state index in [9.17, 15) is 4.79 Å². The highest BCUT2D eigenvalue weighted by atomic mass is 32.1. The van der Waals surface area contributed by atoms with Crippen LogP contribution in [0.1, 0.15) is 5.82 Å². The van der Waals surface area contributed by atoms with Crippen molar-refractivity contribution in [3.63, 3.8) is 0 Å². The molecule has 1 fully saturated rings. The third-order valence-corrected chi connectivity index (χ3v) is 5.59. The zero-order valence-electron chi connectivity index (χ0n) is 14.1. The Bertz CT molecular complexity index is 911. The number of methoxy groups -OCH3 is 1. The highest BCUT2D eigenvalue weighted by molar-refractivity contribution is 7.17. The van der Waals surface area contributed by atoms with Gasteiger partial charge in [0.1, 0.15) is 17.0 Å². The lowest BCUT2D eigenvalue weighted by molar-refractivity contribution is -0.915. The average Bonchev–Trinajstić information content (AvgIpc) is 3.12. The number of fused-ring (bicyclic) bond motifs is 1. The molecule has 0 aliphatic carbocycles. The van der Waals surface area contributed by atoms with Gasteiger partial charge >= 0.3 is 0 Å². The summed E-state index contributed by atoms with van der Waals surface area (Å²) < 4.78 is 5.93. The number of quaternary nitrogens is 1. The molecular weight excluding hydrogens is 336 g/mol. The summed E-state index contributed by atoms with van der Waals surface area (Å²) in [7, 11) is 1.68. The predicted molar refractivity (Wildman–Crippen MR) is 99.8 cm³/mol. The van der Waals surface area contributed by atoms with Gasteiger partial charge in [0.25, 0.3) is 5.56 Å². The van der Waals surface area contributed by atoms with Crippen molar-refractivity contribution in [3.05, 3.63) is 51.9 Å². The van der Waals surface area contributed by atoms with Gasteiger partial charge in [-0.05, 0) is 35.7 Å². The van der Waals surface area contributed by atoms with Gasteiger partial charge in [-0.3, -0.25) is 4.79 Å². The first kappa shape index (κ1) is 16.1. The Labute approximate surface area is 149 Å². The molecule has 7 heteroatoms. The SMILES string of the molecule is COc1ccc(N2CC[NH+](Cc3nc4ccsc4c(=O)[nH]3)CC2)cc1. The predicted octanol–water partition coefficient (Wildman–Crippen LogP) is 0.898. The Morgan fingerprint density at radius 3 is 2.72 bits per heavy atom. The number of ether oxygens (including phenoxy) is 1. The fourth-order valence-corrected chi connectivity index (χ4v) is 4.02. The number of aromatic nitrogens is 2. The number of aromatic amines is 1. The van der Waals surface area contributed by atoms with E-state index in [1.807, 2.05) is 23.6 Å². The fraction of sp³-hybridized carbons (Fsp3) is 0.333. The van der Waals surface area contributed by atoms with E-state index in [0.717, 1.165) is 49.8 Å². The molecule has 0 bridgehead atoms. The Hall–Kier alpha value is -2.38. The van der Waals surface area contributed by atoms with Gasteiger partial charge in [-0.25, -0.2) is 4.98 Å². The number of H-pyrrole nitrogens is 1. The normalized spacial score (nSPS) is 15.6. The number of hydrogen-bond donors (Lipinski definition) is 2. The second-order valence-electron chi connectivity index (χ2n) is 6.26. The zero-order chi connectivity index (χ0) is 17.2. The Kier molecular flexibility index (Phi) is 4.42. The highest BCUT2D eigenvalue weighted by Gasteiger charge is 2.21. The molecule has 1 aromatic carbocycles. The van der Waals surface area contributed by atoms with Gasteiger partial charge in [-0.2, -0.15) is 0 Å². The first-order chi connectivity index (χ1) is 12.2. The number of hydrogen-bond acceptors (Lipinski definition) is 5. The molecule has 2 aromatic heterocycles. The second kappa shape index (κ2) is 6.85. The molecule has 0 saturated carbocycles. The minimum Gasteiger partial charge on any atom is -0.497 e. The lowest BCUT2D eigenvalue weighted by Gasteiger charge is -2.33. The molecule has 0 amide bonds. The van der Waals surface area contributed by atoms with Gasteiger partial charge in [0.15, 0.2) is 5.82 Å². The summed E-state index contributed by atoms with van der Waals surface area (Å²) in [6.07, 6.45) is 0. The number of nitrogens with zero attached hydrogens (tertiary/aromatic N) is 2. The van der Waals surface area contributed by atoms with Crippen LogP contribution in [0.3, 0.4) is 0 Å². The van der Waals surface area contributed by atoms with Crippen molar-refractivity contribution in [1.82, 2.24) is 9.97 Å². The van der Waals surface area contributed by atoms with Gasteiger partial charge in [-0.1, -0.05) is 0 Å². The number of nitrogens with one attached hydrogen (secondary N) is 2. The molecular formula is C18H21N4O2S+. The van der Waals surface area contributed by atoms with Crippen LogP contribution in [0.15, 0.2) is 40.5 Å². The number of thiophene rings is 1. The highest BCUT2D eigenvalue weighted by Crippen LogP contribution is 2.19. The molecule has 3 aromatic rings. The van der Waals surface area contributed by atoms with Gasteiger partial charge < -0.3 is 19.5 Å². The maximum Gasteiger partial charge on any atom is 0.269 e. The molecule has 0 atom stereocenters. The third kappa shape index (κ3) is 3.38. The van der Waals surface area contributed by atoms with Crippen LogP contribution in [0.2, 0.25) is 0 Å². The van der Waals surface area contributed by atoms with Gasteiger partial charge in [0.2, 0.25) is 0 Å². The number of anilines is 1. The van der Waals surface area contributed by atoms with E-state index in [1.54, 1.807) is 7.11 Å². The summed E-state index contributed by atoms with van der Waals surface area (Å²) in [5.74, 6) is 1.66. The monoisotopic (exact) mass is 357 g/mol. The summed E-state index contributed by atoms with van der Waals surface area (Å²) in [5, 5.41) is 1.91. The molecule has 0 spiro atoms. The van der Waals surface area contributed by atoms with Crippen LogP contribution in [0.5, 0.6) is 5.75 Å². The van der Waals surface area contributed by atoms with Crippen molar-refractivity contribution in [2.75, 3.05) is 38.2 Å². The molecule has 1 aliphatic rings. The first-order valence-electron chi connectivity index (χ1n) is 8.42. The minimum atomic E-state index is -0.0220. The van der Waals surface area contributed by atoms with E-state index in [-0.39, 0.29) is 5.56 Å². The number of benzene rings is 1. The van der Waals surface area contributed by atoms with Crippen molar-refractivity contribution < 1.29 is 9.64 Å². The van der Waals surface area contributed by atoms with E-state index >= 15 is 0 Å². The molecule has 3 heterocycles. The second-order valence-corrected chi connectivity index (χ2v) is 7.18. The lowest BCUT2D eigenvalue weighted by atomic mass is 10.2. The molecule has 4 rings (SSSR count). The Balaban J connectivity index is 1.40. The van der Waals surface area contributed by atoms with Crippen molar-refractivity contribution in [2.24, 2.45) is 0 Å². The summed E-state index contributed by atoms with van der Waals surface area (Å²) in [4.78, 5) is 23.4. The van der Waals surface area contributed by atoms with Crippen LogP contribution in [0.4, 0.5) is 5.69 Å². The van der Waals surface area contributed by atoms with Crippen LogP contribution in [0.25, 0.3) is 10.2 Å². The maximum atomic E-state index is 12.1. The fourth-order valence-electron chi connectivity index (χ4n) is 3.29. The molecule has 0 unspecified atom stereocenters. The number of piperazine rings is 1. The Morgan fingerprint density at radius 2 is 2.00 bits per heavy atom. The van der Waals surface area contributed by atoms with E-state index < -0.39 is 0 Å². The molecule has 25 heavy (non-hydrogen) atoms. The topological polar surface area (TPSA) is 62.7 Å². The standard InChI is InChI=1S/C18H20N4O2S/c1-24-14-4-2-13(3-5-14)22-9-7-21(8-10-22)12-16-19-15-6-11-25-17(15)18(23)20-16/h2-6,11H,7-10,12H2,1H3,(H,19,20,23)/p+1. The summed E-state index contributed by atoms with van der Waals surface area (Å²) >= 11 is 1.44. The lowest BCUT2D eigenvalue weighted by Crippen LogP contribution is -3.13. The average molecular weight is 357 g/mol. The van der Waals surface area contributed by atoms with E-state index in [2.05, 4.69) is 27.0 Å². The van der Waals surface area contributed by atoms with Crippen LogP contribution >= 0.6 is 11.3 Å². The largest absolute Gasteiger partial charge is 0.497 e. The zero-order valence-corrected chi connectivity index (χ0v) is 14.9. The van der Waals surface area contributed by atoms with E-state index in [1.165, 1.54) is 21.9 Å². The number of rotatable bonds is 4. The van der Waals surface area contributed by atoms with E-state index in [4.69, 9.17) is 4.74 Å². The summed E-state index contributed by atoms with van der Waals surface area (Å²) in [6.45, 7) is 4.80. The van der Waals surface area contributed by atoms with Gasteiger partial charge in [0, 0.05) is 5.69 Å². The van der Waals surface area contributed by atoms with Crippen LogP contribution in [-0.2, 0) is 6.54 Å². The quantitative estimate of drug-likeness (QED) is 0.728. The third-order valence-electron chi connectivity index (χ3n) is 4.69. The summed E-state index contributed by atoms with van der Waals surface area (Å²) in [6, 6.07) is 10.1. The molecule has 1 aliphatic heterocycles. The van der Waals surface area contributed by atoms with Crippen molar-refractivity contribution in [3.8, 4) is 5.75 Å². The molecule has 6 nitrogen and oxygen atoms in total. The Morgan fingerprint density at radius 1 is 1.24 bits per heavy atom. The molecule has 0 radical (unpaired) electrons. The van der Waals surface area contributed by atoms with Crippen LogP contribution < -0.4 is 20.1 Å². The van der Waals surface area contributed by atoms with Crippen molar-refractivity contribution in [2.45, 2.75) is 6.54 Å². The van der Waals surface area contributed by atoms with Crippen LogP contribution in [-0.4, -0.2) is 43.3 Å². The summed E-state index contributed by atoms with van der Waals surface area (Å²) in [5.41, 5.74) is 2.01. The van der Waals surface area contributed by atoms with Crippen LogP contribution in [0, 0.1) is 0 Å². The minimum absolute atomic E-state index is 0.0220. The van der Waals surface area contributed by atoms with Gasteiger partial charge in [0.05, 0.1) is 38.8 Å². The first-order valence-corrected chi connectivity index (χ1v) is 9.30. The van der Waals surface area contributed by atoms with E-state index in [0.29, 0.717) is 4.70 Å². The van der Waals surface area contributed by atoms with Gasteiger partial charge in [-0.15, -0.1) is 11.3 Å². The van der Waals surface area contributed by atoms with Crippen molar-refractivity contribution in [1.29, 1.82) is 0 Å². The maximum absolute atomic E-state index is 12.1. The molecule has 2 N–H and O–H groups in total.